The van der Waals surface area contributed by atoms with Crippen molar-refractivity contribution in [1.82, 2.24) is 0 Å². The minimum atomic E-state index is 0.155. The van der Waals surface area contributed by atoms with E-state index in [9.17, 15) is 0 Å². The average molecular weight is 138 g/mol. The van der Waals surface area contributed by atoms with Gasteiger partial charge in [-0.3, -0.25) is 0 Å². The van der Waals surface area contributed by atoms with E-state index in [-0.39, 0.29) is 6.61 Å². The van der Waals surface area contributed by atoms with Gasteiger partial charge in [-0.2, -0.15) is 0 Å². The first-order valence-electron chi connectivity index (χ1n) is 3.53. The van der Waals surface area contributed by atoms with Crippen LogP contribution in [0.3, 0.4) is 0 Å². The lowest BCUT2D eigenvalue weighted by atomic mass is 10.2. The minimum absolute atomic E-state index is 0.155. The quantitative estimate of drug-likeness (QED) is 0.574. The molecule has 0 aliphatic heterocycles. The van der Waals surface area contributed by atoms with Gasteiger partial charge in [-0.25, -0.2) is 0 Å². The molecule has 0 amide bonds. The summed E-state index contributed by atoms with van der Waals surface area (Å²) in [4.78, 5) is 0. The predicted molar refractivity (Wildman–Crippen MR) is 43.5 cm³/mol. The maximum atomic E-state index is 8.35. The number of aliphatic hydroxyl groups is 1. The van der Waals surface area contributed by atoms with E-state index in [4.69, 9.17) is 5.11 Å². The van der Waals surface area contributed by atoms with Crippen molar-refractivity contribution >= 4 is 0 Å². The molecule has 0 aliphatic rings. The Morgan fingerprint density at radius 1 is 1.50 bits per heavy atom. The molecule has 0 aromatic rings. The van der Waals surface area contributed by atoms with Gasteiger partial charge in [0.2, 0.25) is 0 Å². The molecule has 0 unspecified atom stereocenters. The molecule has 10 heavy (non-hydrogen) atoms. The van der Waals surface area contributed by atoms with Crippen LogP contribution in [0.15, 0.2) is 12.2 Å². The lowest BCUT2D eigenvalue weighted by molar-refractivity contribution is 0.305. The van der Waals surface area contributed by atoms with Crippen LogP contribution < -0.4 is 0 Å². The van der Waals surface area contributed by atoms with Crippen LogP contribution in [0.2, 0.25) is 0 Å². The fourth-order valence-corrected chi connectivity index (χ4v) is 0.428. The van der Waals surface area contributed by atoms with Crippen LogP contribution >= 0.6 is 0 Å². The summed E-state index contributed by atoms with van der Waals surface area (Å²) >= 11 is 0. The van der Waals surface area contributed by atoms with Crippen molar-refractivity contribution < 1.29 is 5.11 Å². The Labute approximate surface area is 62.8 Å². The summed E-state index contributed by atoms with van der Waals surface area (Å²) in [6, 6.07) is 0. The first-order chi connectivity index (χ1) is 4.77. The molecule has 0 rings (SSSR count). The number of hydrogen-bond donors (Lipinski definition) is 1. The van der Waals surface area contributed by atoms with E-state index in [1.165, 1.54) is 0 Å². The van der Waals surface area contributed by atoms with E-state index in [1.807, 2.05) is 12.2 Å². The number of allylic oxidation sites excluding steroid dienone is 2. The second kappa shape index (κ2) is 6.38. The summed E-state index contributed by atoms with van der Waals surface area (Å²) in [7, 11) is 0. The highest BCUT2D eigenvalue weighted by Crippen LogP contribution is 1.91. The Bertz CT molecular complexity index is 146. The van der Waals surface area contributed by atoms with E-state index in [1.54, 1.807) is 0 Å². The van der Waals surface area contributed by atoms with Gasteiger partial charge in [-0.15, -0.1) is 0 Å². The maximum Gasteiger partial charge on any atom is 0.0540 e. The van der Waals surface area contributed by atoms with Crippen molar-refractivity contribution in [2.24, 2.45) is 5.92 Å². The zero-order valence-corrected chi connectivity index (χ0v) is 6.59. The average Bonchev–Trinajstić information content (AvgIpc) is 1.87. The highest BCUT2D eigenvalue weighted by atomic mass is 16.2. The predicted octanol–water partition coefficient (Wildman–Crippen LogP) is 1.58. The second-order valence-corrected chi connectivity index (χ2v) is 2.40. The van der Waals surface area contributed by atoms with Gasteiger partial charge in [0.15, 0.2) is 0 Å². The Morgan fingerprint density at radius 2 is 2.20 bits per heavy atom. The third-order valence-corrected chi connectivity index (χ3v) is 0.903. The van der Waals surface area contributed by atoms with Crippen molar-refractivity contribution in [3.8, 4) is 11.8 Å². The zero-order chi connectivity index (χ0) is 7.82. The minimum Gasteiger partial charge on any atom is -0.395 e. The molecule has 1 nitrogen and oxygen atoms in total. The van der Waals surface area contributed by atoms with Crippen molar-refractivity contribution in [2.45, 2.75) is 20.3 Å². The van der Waals surface area contributed by atoms with Crippen LogP contribution in [0.1, 0.15) is 20.3 Å². The summed E-state index contributed by atoms with van der Waals surface area (Å²) in [6.45, 7) is 4.36. The van der Waals surface area contributed by atoms with Gasteiger partial charge in [0, 0.05) is 6.42 Å². The van der Waals surface area contributed by atoms with Crippen LogP contribution in [0, 0.1) is 17.8 Å². The van der Waals surface area contributed by atoms with Gasteiger partial charge in [0.1, 0.15) is 0 Å². The molecule has 1 N–H and O–H groups in total. The SMILES string of the molecule is CC(C)/C=C/C#CCCO. The van der Waals surface area contributed by atoms with Gasteiger partial charge in [-0.05, 0) is 12.0 Å². The first-order valence-corrected chi connectivity index (χ1v) is 3.53. The second-order valence-electron chi connectivity index (χ2n) is 2.40. The molecule has 0 saturated heterocycles. The van der Waals surface area contributed by atoms with Gasteiger partial charge in [-0.1, -0.05) is 31.8 Å². The van der Waals surface area contributed by atoms with Crippen molar-refractivity contribution in [2.75, 3.05) is 6.61 Å². The molecule has 1 heteroatoms. The molecule has 0 fully saturated rings. The third kappa shape index (κ3) is 7.26. The number of aliphatic hydroxyl groups excluding tert-OH is 1. The third-order valence-electron chi connectivity index (χ3n) is 0.903. The van der Waals surface area contributed by atoms with Gasteiger partial charge >= 0.3 is 0 Å². The molecule has 0 saturated carbocycles. The molecule has 0 radical (unpaired) electrons. The largest absolute Gasteiger partial charge is 0.395 e. The Kier molecular flexibility index (Phi) is 5.91. The van der Waals surface area contributed by atoms with Gasteiger partial charge in [0.25, 0.3) is 0 Å². The molecule has 0 aromatic carbocycles. The van der Waals surface area contributed by atoms with Crippen molar-refractivity contribution in [3.05, 3.63) is 12.2 Å². The normalized spacial score (nSPS) is 10.0. The molecule has 0 spiro atoms. The molecule has 0 aliphatic carbocycles. The number of hydrogen-bond acceptors (Lipinski definition) is 1. The lowest BCUT2D eigenvalue weighted by Gasteiger charge is -1.87. The Balaban J connectivity index is 3.44. The van der Waals surface area contributed by atoms with E-state index >= 15 is 0 Å². The van der Waals surface area contributed by atoms with Crippen LogP contribution in [0.4, 0.5) is 0 Å². The number of rotatable bonds is 2. The van der Waals surface area contributed by atoms with E-state index in [0.717, 1.165) is 0 Å². The highest BCUT2D eigenvalue weighted by molar-refractivity contribution is 5.15. The topological polar surface area (TPSA) is 20.2 Å². The summed E-state index contributed by atoms with van der Waals surface area (Å²) in [5.41, 5.74) is 0. The molecular formula is C9H14O. The van der Waals surface area contributed by atoms with E-state index < -0.39 is 0 Å². The van der Waals surface area contributed by atoms with Crippen LogP contribution in [0.5, 0.6) is 0 Å². The summed E-state index contributed by atoms with van der Waals surface area (Å²) in [5.74, 6) is 6.19. The van der Waals surface area contributed by atoms with Crippen LogP contribution in [-0.2, 0) is 0 Å². The van der Waals surface area contributed by atoms with Crippen molar-refractivity contribution in [1.29, 1.82) is 0 Å². The maximum absolute atomic E-state index is 8.35. The zero-order valence-electron chi connectivity index (χ0n) is 6.59. The smallest absolute Gasteiger partial charge is 0.0540 e. The fraction of sp³-hybridized carbons (Fsp3) is 0.556. The Morgan fingerprint density at radius 3 is 2.70 bits per heavy atom. The summed E-state index contributed by atoms with van der Waals surface area (Å²) < 4.78 is 0. The molecule has 0 bridgehead atoms. The Hall–Kier alpha value is -0.740. The fourth-order valence-electron chi connectivity index (χ4n) is 0.428. The summed E-state index contributed by atoms with van der Waals surface area (Å²) in [5, 5.41) is 8.35. The first kappa shape index (κ1) is 9.26. The standard InChI is InChI=1S/C9H14O/c1-9(2)7-5-3-4-6-8-10/h5,7,9-10H,6,8H2,1-2H3/b7-5+. The monoisotopic (exact) mass is 138 g/mol. The molecule has 56 valence electrons. The van der Waals surface area contributed by atoms with Crippen LogP contribution in [0.25, 0.3) is 0 Å². The summed E-state index contributed by atoms with van der Waals surface area (Å²) in [6.07, 6.45) is 4.44. The van der Waals surface area contributed by atoms with Crippen molar-refractivity contribution in [3.63, 3.8) is 0 Å². The molecule has 0 heterocycles. The van der Waals surface area contributed by atoms with E-state index in [0.29, 0.717) is 12.3 Å². The van der Waals surface area contributed by atoms with Gasteiger partial charge in [0.05, 0.1) is 6.61 Å². The van der Waals surface area contributed by atoms with Gasteiger partial charge < -0.3 is 5.11 Å². The lowest BCUT2D eigenvalue weighted by Crippen LogP contribution is -1.76. The molecule has 0 atom stereocenters. The molecule has 0 aromatic heterocycles. The van der Waals surface area contributed by atoms with E-state index in [2.05, 4.69) is 25.7 Å². The highest BCUT2D eigenvalue weighted by Gasteiger charge is 1.78. The van der Waals surface area contributed by atoms with Crippen LogP contribution in [-0.4, -0.2) is 11.7 Å². The molecular weight excluding hydrogens is 124 g/mol.